The van der Waals surface area contributed by atoms with Crippen LogP contribution in [0.15, 0.2) is 30.3 Å². The van der Waals surface area contributed by atoms with Crippen LogP contribution in [0.5, 0.6) is 0 Å². The van der Waals surface area contributed by atoms with Crippen LogP contribution in [0.3, 0.4) is 0 Å². The quantitative estimate of drug-likeness (QED) is 0.714. The van der Waals surface area contributed by atoms with Crippen molar-refractivity contribution in [3.8, 4) is 0 Å². The second kappa shape index (κ2) is 8.30. The molecule has 0 aliphatic rings. The summed E-state index contributed by atoms with van der Waals surface area (Å²) in [5, 5.41) is 3.62. The third-order valence-corrected chi connectivity index (χ3v) is 3.50. The molecule has 0 aliphatic heterocycles. The van der Waals surface area contributed by atoms with Gasteiger partial charge in [0, 0.05) is 6.04 Å². The first-order valence-electron chi connectivity index (χ1n) is 7.03. The molecule has 0 aliphatic carbocycles. The monoisotopic (exact) mass is 233 g/mol. The Morgan fingerprint density at radius 2 is 1.82 bits per heavy atom. The first-order valence-corrected chi connectivity index (χ1v) is 7.03. The van der Waals surface area contributed by atoms with Gasteiger partial charge < -0.3 is 5.32 Å². The molecule has 1 nitrogen and oxygen atoms in total. The van der Waals surface area contributed by atoms with Crippen LogP contribution < -0.4 is 5.32 Å². The molecule has 0 saturated heterocycles. The molecule has 1 aromatic rings. The third kappa shape index (κ3) is 5.88. The molecule has 1 aromatic carbocycles. The first-order chi connectivity index (χ1) is 8.26. The fourth-order valence-corrected chi connectivity index (χ4v) is 2.23. The summed E-state index contributed by atoms with van der Waals surface area (Å²) in [6.07, 6.45) is 5.03. The molecule has 0 fully saturated rings. The van der Waals surface area contributed by atoms with Crippen molar-refractivity contribution in [3.05, 3.63) is 35.9 Å². The first kappa shape index (κ1) is 14.2. The Morgan fingerprint density at radius 3 is 2.41 bits per heavy atom. The zero-order valence-corrected chi connectivity index (χ0v) is 11.6. The standard InChI is InChI=1S/C16H27N/c1-4-14(3)13-16(17-5-2)12-11-15-9-7-6-8-10-15/h6-10,14,16-17H,4-5,11-13H2,1-3H3. The summed E-state index contributed by atoms with van der Waals surface area (Å²) in [6.45, 7) is 7.92. The van der Waals surface area contributed by atoms with E-state index < -0.39 is 0 Å². The van der Waals surface area contributed by atoms with Crippen molar-refractivity contribution in [1.82, 2.24) is 5.32 Å². The van der Waals surface area contributed by atoms with Crippen molar-refractivity contribution in [1.29, 1.82) is 0 Å². The Balaban J connectivity index is 2.38. The van der Waals surface area contributed by atoms with Crippen LogP contribution in [0.1, 0.15) is 45.6 Å². The van der Waals surface area contributed by atoms with Gasteiger partial charge in [-0.2, -0.15) is 0 Å². The highest BCUT2D eigenvalue weighted by Gasteiger charge is 2.11. The van der Waals surface area contributed by atoms with Gasteiger partial charge in [-0.25, -0.2) is 0 Å². The van der Waals surface area contributed by atoms with E-state index in [9.17, 15) is 0 Å². The van der Waals surface area contributed by atoms with Crippen LogP contribution in [0, 0.1) is 5.92 Å². The molecule has 1 rings (SSSR count). The fourth-order valence-electron chi connectivity index (χ4n) is 2.23. The molecule has 0 aromatic heterocycles. The average molecular weight is 233 g/mol. The molecule has 0 bridgehead atoms. The lowest BCUT2D eigenvalue weighted by molar-refractivity contribution is 0.382. The van der Waals surface area contributed by atoms with Gasteiger partial charge in [0.05, 0.1) is 0 Å². The summed E-state index contributed by atoms with van der Waals surface area (Å²) in [5.74, 6) is 0.829. The Bertz CT molecular complexity index is 281. The fraction of sp³-hybridized carbons (Fsp3) is 0.625. The summed E-state index contributed by atoms with van der Waals surface area (Å²) in [5.41, 5.74) is 1.46. The smallest absolute Gasteiger partial charge is 0.00726 e. The van der Waals surface area contributed by atoms with Crippen LogP contribution in [-0.4, -0.2) is 12.6 Å². The summed E-state index contributed by atoms with van der Waals surface area (Å²) >= 11 is 0. The molecule has 0 radical (unpaired) electrons. The highest BCUT2D eigenvalue weighted by atomic mass is 14.9. The van der Waals surface area contributed by atoms with Gasteiger partial charge in [0.1, 0.15) is 0 Å². The highest BCUT2D eigenvalue weighted by Crippen LogP contribution is 2.14. The second-order valence-corrected chi connectivity index (χ2v) is 5.03. The normalized spacial score (nSPS) is 14.5. The van der Waals surface area contributed by atoms with Gasteiger partial charge >= 0.3 is 0 Å². The van der Waals surface area contributed by atoms with Crippen molar-refractivity contribution in [2.45, 2.75) is 52.5 Å². The van der Waals surface area contributed by atoms with Gasteiger partial charge in [0.25, 0.3) is 0 Å². The Labute approximate surface area is 107 Å². The Morgan fingerprint density at radius 1 is 1.12 bits per heavy atom. The van der Waals surface area contributed by atoms with Gasteiger partial charge in [0.15, 0.2) is 0 Å². The van der Waals surface area contributed by atoms with Crippen LogP contribution in [0.25, 0.3) is 0 Å². The van der Waals surface area contributed by atoms with E-state index in [0.717, 1.165) is 12.5 Å². The predicted octanol–water partition coefficient (Wildman–Crippen LogP) is 4.03. The van der Waals surface area contributed by atoms with Gasteiger partial charge in [-0.3, -0.25) is 0 Å². The van der Waals surface area contributed by atoms with E-state index in [2.05, 4.69) is 56.4 Å². The van der Waals surface area contributed by atoms with Crippen molar-refractivity contribution in [2.75, 3.05) is 6.54 Å². The Hall–Kier alpha value is -0.820. The molecule has 1 heteroatoms. The van der Waals surface area contributed by atoms with E-state index in [1.54, 1.807) is 0 Å². The maximum Gasteiger partial charge on any atom is 0.00726 e. The number of hydrogen-bond donors (Lipinski definition) is 1. The minimum Gasteiger partial charge on any atom is -0.314 e. The topological polar surface area (TPSA) is 12.0 Å². The second-order valence-electron chi connectivity index (χ2n) is 5.03. The van der Waals surface area contributed by atoms with E-state index in [0.29, 0.717) is 6.04 Å². The average Bonchev–Trinajstić information content (AvgIpc) is 2.37. The van der Waals surface area contributed by atoms with E-state index in [1.807, 2.05) is 0 Å². The molecule has 2 unspecified atom stereocenters. The lowest BCUT2D eigenvalue weighted by Crippen LogP contribution is -2.31. The molecule has 0 amide bonds. The molecule has 0 heterocycles. The summed E-state index contributed by atoms with van der Waals surface area (Å²) < 4.78 is 0. The minimum atomic E-state index is 0.676. The lowest BCUT2D eigenvalue weighted by atomic mass is 9.95. The highest BCUT2D eigenvalue weighted by molar-refractivity contribution is 5.14. The largest absolute Gasteiger partial charge is 0.314 e. The summed E-state index contributed by atoms with van der Waals surface area (Å²) in [6, 6.07) is 11.5. The van der Waals surface area contributed by atoms with Crippen molar-refractivity contribution in [3.63, 3.8) is 0 Å². The number of nitrogens with one attached hydrogen (secondary N) is 1. The number of hydrogen-bond acceptors (Lipinski definition) is 1. The number of aryl methyl sites for hydroxylation is 1. The zero-order chi connectivity index (χ0) is 12.5. The van der Waals surface area contributed by atoms with Crippen LogP contribution in [0.2, 0.25) is 0 Å². The maximum absolute atomic E-state index is 3.62. The number of benzene rings is 1. The third-order valence-electron chi connectivity index (χ3n) is 3.50. The zero-order valence-electron chi connectivity index (χ0n) is 11.6. The van der Waals surface area contributed by atoms with Crippen molar-refractivity contribution < 1.29 is 0 Å². The van der Waals surface area contributed by atoms with E-state index in [1.165, 1.54) is 31.2 Å². The molecule has 1 N–H and O–H groups in total. The molecule has 2 atom stereocenters. The van der Waals surface area contributed by atoms with E-state index >= 15 is 0 Å². The van der Waals surface area contributed by atoms with Crippen LogP contribution >= 0.6 is 0 Å². The van der Waals surface area contributed by atoms with Gasteiger partial charge in [-0.1, -0.05) is 57.5 Å². The molecular weight excluding hydrogens is 206 g/mol. The van der Waals surface area contributed by atoms with E-state index in [4.69, 9.17) is 0 Å². The SMILES string of the molecule is CCNC(CCc1ccccc1)CC(C)CC. The van der Waals surface area contributed by atoms with Crippen molar-refractivity contribution >= 4 is 0 Å². The molecular formula is C16H27N. The van der Waals surface area contributed by atoms with Gasteiger partial charge in [-0.15, -0.1) is 0 Å². The molecule has 96 valence electrons. The number of rotatable bonds is 8. The van der Waals surface area contributed by atoms with Crippen molar-refractivity contribution in [2.24, 2.45) is 5.92 Å². The molecule has 0 saturated carbocycles. The van der Waals surface area contributed by atoms with Crippen LogP contribution in [-0.2, 0) is 6.42 Å². The maximum atomic E-state index is 3.62. The molecule has 0 spiro atoms. The minimum absolute atomic E-state index is 0.676. The van der Waals surface area contributed by atoms with Crippen LogP contribution in [0.4, 0.5) is 0 Å². The van der Waals surface area contributed by atoms with E-state index in [-0.39, 0.29) is 0 Å². The summed E-state index contributed by atoms with van der Waals surface area (Å²) in [4.78, 5) is 0. The lowest BCUT2D eigenvalue weighted by Gasteiger charge is -2.21. The Kier molecular flexibility index (Phi) is 6.95. The summed E-state index contributed by atoms with van der Waals surface area (Å²) in [7, 11) is 0. The van der Waals surface area contributed by atoms with Gasteiger partial charge in [-0.05, 0) is 37.3 Å². The van der Waals surface area contributed by atoms with Gasteiger partial charge in [0.2, 0.25) is 0 Å². The predicted molar refractivity (Wildman–Crippen MR) is 76.3 cm³/mol. The molecule has 17 heavy (non-hydrogen) atoms.